The summed E-state index contributed by atoms with van der Waals surface area (Å²) in [6.07, 6.45) is 1.67. The Bertz CT molecular complexity index is 637. The first-order chi connectivity index (χ1) is 8.02. The zero-order valence-electron chi connectivity index (χ0n) is 9.54. The summed E-state index contributed by atoms with van der Waals surface area (Å²) in [5, 5.41) is 9.09. The highest BCUT2D eigenvalue weighted by Crippen LogP contribution is 2.14. The highest BCUT2D eigenvalue weighted by molar-refractivity contribution is 5.91. The molecular formula is C12H12N2O3. The maximum atomic E-state index is 11.9. The summed E-state index contributed by atoms with van der Waals surface area (Å²) in [5.41, 5.74) is 0.953. The van der Waals surface area contributed by atoms with Gasteiger partial charge in [-0.1, -0.05) is 12.1 Å². The van der Waals surface area contributed by atoms with Crippen LogP contribution < -0.4 is 5.69 Å². The summed E-state index contributed by atoms with van der Waals surface area (Å²) in [6.45, 7) is 1.76. The molecule has 88 valence electrons. The van der Waals surface area contributed by atoms with Crippen LogP contribution in [0.25, 0.3) is 5.69 Å². The monoisotopic (exact) mass is 232 g/mol. The molecule has 5 heteroatoms. The van der Waals surface area contributed by atoms with Crippen molar-refractivity contribution in [3.8, 4) is 5.69 Å². The Labute approximate surface area is 97.5 Å². The molecule has 1 aromatic heterocycles. The van der Waals surface area contributed by atoms with Crippen molar-refractivity contribution in [3.63, 3.8) is 0 Å². The third kappa shape index (κ3) is 1.75. The molecule has 0 aliphatic rings. The van der Waals surface area contributed by atoms with Gasteiger partial charge in [-0.25, -0.2) is 9.59 Å². The van der Waals surface area contributed by atoms with Gasteiger partial charge in [0.1, 0.15) is 0 Å². The second kappa shape index (κ2) is 3.93. The second-order valence-electron chi connectivity index (χ2n) is 3.82. The van der Waals surface area contributed by atoms with E-state index in [0.717, 1.165) is 0 Å². The number of carboxylic acids is 1. The van der Waals surface area contributed by atoms with Crippen LogP contribution in [0, 0.1) is 6.92 Å². The Kier molecular flexibility index (Phi) is 2.59. The predicted octanol–water partition coefficient (Wildman–Crippen LogP) is 1.18. The molecule has 0 bridgehead atoms. The summed E-state index contributed by atoms with van der Waals surface area (Å²) in [5.74, 6) is -1.05. The number of hydrogen-bond acceptors (Lipinski definition) is 2. The standard InChI is InChI=1S/C12H12N2O3/c1-8-7-13(2)12(17)14(8)10-6-4-3-5-9(10)11(15)16/h3-7H,1-2H3,(H,15,16). The normalized spacial score (nSPS) is 10.5. The molecule has 0 saturated carbocycles. The first kappa shape index (κ1) is 11.2. The van der Waals surface area contributed by atoms with Gasteiger partial charge in [-0.15, -0.1) is 0 Å². The third-order valence-corrected chi connectivity index (χ3v) is 2.60. The van der Waals surface area contributed by atoms with Gasteiger partial charge in [0.15, 0.2) is 0 Å². The SMILES string of the molecule is Cc1cn(C)c(=O)n1-c1ccccc1C(=O)O. The molecule has 2 rings (SSSR count). The minimum absolute atomic E-state index is 0.115. The van der Waals surface area contributed by atoms with E-state index in [1.165, 1.54) is 15.2 Å². The average molecular weight is 232 g/mol. The van der Waals surface area contributed by atoms with Gasteiger partial charge >= 0.3 is 11.7 Å². The lowest BCUT2D eigenvalue weighted by Crippen LogP contribution is -2.23. The number of hydrogen-bond donors (Lipinski definition) is 1. The minimum Gasteiger partial charge on any atom is -0.478 e. The minimum atomic E-state index is -1.05. The molecule has 17 heavy (non-hydrogen) atoms. The Balaban J connectivity index is 2.77. The van der Waals surface area contributed by atoms with Gasteiger partial charge < -0.3 is 9.67 Å². The number of carbonyl (C=O) groups is 1. The molecule has 0 unspecified atom stereocenters. The Morgan fingerprint density at radius 2 is 1.94 bits per heavy atom. The van der Waals surface area contributed by atoms with Crippen molar-refractivity contribution in [1.82, 2.24) is 9.13 Å². The molecule has 2 aromatic rings. The molecule has 1 N–H and O–H groups in total. The number of rotatable bonds is 2. The van der Waals surface area contributed by atoms with Crippen LogP contribution in [0.2, 0.25) is 0 Å². The van der Waals surface area contributed by atoms with Crippen molar-refractivity contribution in [3.05, 3.63) is 52.2 Å². The van der Waals surface area contributed by atoms with E-state index in [2.05, 4.69) is 0 Å². The molecule has 5 nitrogen and oxygen atoms in total. The second-order valence-corrected chi connectivity index (χ2v) is 3.82. The van der Waals surface area contributed by atoms with Crippen molar-refractivity contribution in [2.45, 2.75) is 6.92 Å². The van der Waals surface area contributed by atoms with E-state index >= 15 is 0 Å². The molecule has 0 spiro atoms. The zero-order valence-corrected chi connectivity index (χ0v) is 9.54. The summed E-state index contributed by atoms with van der Waals surface area (Å²) in [6, 6.07) is 6.45. The van der Waals surface area contributed by atoms with Crippen LogP contribution >= 0.6 is 0 Å². The number of aryl methyl sites for hydroxylation is 2. The summed E-state index contributed by atoms with van der Waals surface area (Å²) in [7, 11) is 1.63. The Morgan fingerprint density at radius 1 is 1.29 bits per heavy atom. The first-order valence-electron chi connectivity index (χ1n) is 5.10. The van der Waals surface area contributed by atoms with Crippen LogP contribution in [0.1, 0.15) is 16.1 Å². The summed E-state index contributed by atoms with van der Waals surface area (Å²) < 4.78 is 2.82. The van der Waals surface area contributed by atoms with E-state index in [-0.39, 0.29) is 11.3 Å². The smallest absolute Gasteiger partial charge is 0.337 e. The molecular weight excluding hydrogens is 220 g/mol. The highest BCUT2D eigenvalue weighted by Gasteiger charge is 2.15. The van der Waals surface area contributed by atoms with Crippen molar-refractivity contribution < 1.29 is 9.90 Å². The molecule has 1 aromatic carbocycles. The van der Waals surface area contributed by atoms with Crippen molar-refractivity contribution in [2.24, 2.45) is 7.05 Å². The number of para-hydroxylation sites is 1. The van der Waals surface area contributed by atoms with Crippen molar-refractivity contribution in [1.29, 1.82) is 0 Å². The first-order valence-corrected chi connectivity index (χ1v) is 5.10. The van der Waals surface area contributed by atoms with Gasteiger partial charge in [0.2, 0.25) is 0 Å². The van der Waals surface area contributed by atoms with Crippen LogP contribution in [0.5, 0.6) is 0 Å². The molecule has 0 saturated heterocycles. The number of aromatic nitrogens is 2. The maximum Gasteiger partial charge on any atom is 0.337 e. The number of benzene rings is 1. The van der Waals surface area contributed by atoms with Crippen molar-refractivity contribution >= 4 is 5.97 Å². The average Bonchev–Trinajstić information content (AvgIpc) is 2.53. The van der Waals surface area contributed by atoms with E-state index in [9.17, 15) is 9.59 Å². The number of nitrogens with zero attached hydrogens (tertiary/aromatic N) is 2. The zero-order chi connectivity index (χ0) is 12.6. The van der Waals surface area contributed by atoms with E-state index in [0.29, 0.717) is 11.4 Å². The lowest BCUT2D eigenvalue weighted by molar-refractivity contribution is 0.0697. The maximum absolute atomic E-state index is 11.9. The van der Waals surface area contributed by atoms with Crippen LogP contribution in [0.3, 0.4) is 0 Å². The number of imidazole rings is 1. The van der Waals surface area contributed by atoms with Crippen LogP contribution in [0.15, 0.2) is 35.3 Å². The molecule has 0 amide bonds. The molecule has 1 heterocycles. The van der Waals surface area contributed by atoms with Gasteiger partial charge in [0, 0.05) is 18.9 Å². The molecule has 0 fully saturated rings. The molecule has 0 atom stereocenters. The van der Waals surface area contributed by atoms with E-state index in [1.807, 2.05) is 0 Å². The fourth-order valence-electron chi connectivity index (χ4n) is 1.84. The predicted molar refractivity (Wildman–Crippen MR) is 62.7 cm³/mol. The van der Waals surface area contributed by atoms with E-state index in [1.54, 1.807) is 38.4 Å². The lowest BCUT2D eigenvalue weighted by atomic mass is 10.2. The van der Waals surface area contributed by atoms with E-state index < -0.39 is 5.97 Å². The Morgan fingerprint density at radius 3 is 2.47 bits per heavy atom. The van der Waals surface area contributed by atoms with Gasteiger partial charge in [-0.05, 0) is 19.1 Å². The van der Waals surface area contributed by atoms with Crippen LogP contribution in [-0.4, -0.2) is 20.2 Å². The fraction of sp³-hybridized carbons (Fsp3) is 0.167. The van der Waals surface area contributed by atoms with E-state index in [4.69, 9.17) is 5.11 Å². The topological polar surface area (TPSA) is 64.2 Å². The number of aromatic carboxylic acids is 1. The lowest BCUT2D eigenvalue weighted by Gasteiger charge is -2.07. The highest BCUT2D eigenvalue weighted by atomic mass is 16.4. The fourth-order valence-corrected chi connectivity index (χ4v) is 1.84. The summed E-state index contributed by atoms with van der Waals surface area (Å²) >= 11 is 0. The van der Waals surface area contributed by atoms with Gasteiger partial charge in [-0.3, -0.25) is 4.57 Å². The van der Waals surface area contributed by atoms with Crippen LogP contribution in [0.4, 0.5) is 0 Å². The van der Waals surface area contributed by atoms with Crippen LogP contribution in [-0.2, 0) is 7.05 Å². The Hall–Kier alpha value is -2.30. The largest absolute Gasteiger partial charge is 0.478 e. The van der Waals surface area contributed by atoms with Gasteiger partial charge in [0.05, 0.1) is 11.3 Å². The van der Waals surface area contributed by atoms with Gasteiger partial charge in [0.25, 0.3) is 0 Å². The third-order valence-electron chi connectivity index (χ3n) is 2.60. The quantitative estimate of drug-likeness (QED) is 0.845. The molecule has 0 aliphatic carbocycles. The molecule has 0 aliphatic heterocycles. The summed E-state index contributed by atoms with van der Waals surface area (Å²) in [4.78, 5) is 23.0. The van der Waals surface area contributed by atoms with Gasteiger partial charge in [-0.2, -0.15) is 0 Å². The number of carboxylic acid groups (broad SMARTS) is 1. The van der Waals surface area contributed by atoms with Crippen molar-refractivity contribution in [2.75, 3.05) is 0 Å². The molecule has 0 radical (unpaired) electrons.